The first-order chi connectivity index (χ1) is 12.7. The van der Waals surface area contributed by atoms with E-state index in [0.29, 0.717) is 36.3 Å². The zero-order valence-electron chi connectivity index (χ0n) is 14.6. The van der Waals surface area contributed by atoms with Crippen molar-refractivity contribution in [2.75, 3.05) is 20.1 Å². The highest BCUT2D eigenvalue weighted by Crippen LogP contribution is 2.11. The van der Waals surface area contributed by atoms with Crippen molar-refractivity contribution in [3.8, 4) is 5.69 Å². The smallest absolute Gasteiger partial charge is 0.176 e. The molecular weight excluding hydrogens is 328 g/mol. The van der Waals surface area contributed by atoms with E-state index in [2.05, 4.69) is 10.1 Å². The Morgan fingerprint density at radius 3 is 2.69 bits per heavy atom. The number of aromatic nitrogens is 3. The van der Waals surface area contributed by atoms with Gasteiger partial charge in [0.1, 0.15) is 0 Å². The van der Waals surface area contributed by atoms with Gasteiger partial charge in [-0.3, -0.25) is 19.5 Å². The maximum Gasteiger partial charge on any atom is 0.176 e. The molecule has 2 aromatic heterocycles. The molecule has 0 amide bonds. The fourth-order valence-corrected chi connectivity index (χ4v) is 2.67. The highest BCUT2D eigenvalue weighted by Gasteiger charge is 2.13. The number of nitrogens with zero attached hydrogens (tertiary/aromatic N) is 4. The Kier molecular flexibility index (Phi) is 5.66. The van der Waals surface area contributed by atoms with Crippen molar-refractivity contribution in [3.63, 3.8) is 0 Å². The molecule has 0 saturated heterocycles. The van der Waals surface area contributed by atoms with E-state index >= 15 is 0 Å². The average molecular weight is 348 g/mol. The number of Topliss-reactive ketones (excluding diaryl/α,β-unsaturated/α-hetero) is 1. The zero-order chi connectivity index (χ0) is 18.4. The molecule has 0 fully saturated rings. The molecule has 0 N–H and O–H groups in total. The van der Waals surface area contributed by atoms with Crippen LogP contribution in [0.1, 0.15) is 26.4 Å². The lowest BCUT2D eigenvalue weighted by Crippen LogP contribution is -2.28. The number of benzene rings is 1. The largest absolute Gasteiger partial charge is 0.299 e. The second kappa shape index (κ2) is 8.31. The third-order valence-corrected chi connectivity index (χ3v) is 4.10. The Bertz CT molecular complexity index is 875. The summed E-state index contributed by atoms with van der Waals surface area (Å²) in [6, 6.07) is 12.9. The number of pyridine rings is 1. The van der Waals surface area contributed by atoms with Crippen LogP contribution in [0.15, 0.2) is 61.1 Å². The minimum Gasteiger partial charge on any atom is -0.299 e. The standard InChI is InChI=1S/C20H20N4O2/c1-23(14-20(26)16-6-3-2-4-7-16)11-9-19-17(15-25)13-24(22-19)18-8-5-10-21-12-18/h2-8,10,12-13,15H,9,11,14H2,1H3. The van der Waals surface area contributed by atoms with Crippen molar-refractivity contribution in [2.24, 2.45) is 0 Å². The number of aldehydes is 1. The van der Waals surface area contributed by atoms with Crippen molar-refractivity contribution in [2.45, 2.75) is 6.42 Å². The molecule has 0 atom stereocenters. The highest BCUT2D eigenvalue weighted by molar-refractivity contribution is 5.97. The number of carbonyl (C=O) groups excluding carboxylic acids is 2. The number of carbonyl (C=O) groups is 2. The lowest BCUT2D eigenvalue weighted by molar-refractivity contribution is 0.0946. The first-order valence-electron chi connectivity index (χ1n) is 8.38. The van der Waals surface area contributed by atoms with Gasteiger partial charge in [-0.2, -0.15) is 5.10 Å². The lowest BCUT2D eigenvalue weighted by Gasteiger charge is -2.15. The molecule has 0 radical (unpaired) electrons. The molecule has 26 heavy (non-hydrogen) atoms. The molecule has 0 aliphatic rings. The van der Waals surface area contributed by atoms with Gasteiger partial charge in [0.2, 0.25) is 0 Å². The van der Waals surface area contributed by atoms with Crippen LogP contribution in [0.25, 0.3) is 5.69 Å². The van der Waals surface area contributed by atoms with Crippen LogP contribution in [-0.2, 0) is 6.42 Å². The van der Waals surface area contributed by atoms with Crippen molar-refractivity contribution in [3.05, 3.63) is 77.9 Å². The van der Waals surface area contributed by atoms with Gasteiger partial charge < -0.3 is 0 Å². The van der Waals surface area contributed by atoms with E-state index in [1.165, 1.54) is 0 Å². The van der Waals surface area contributed by atoms with Gasteiger partial charge in [-0.25, -0.2) is 4.68 Å². The van der Waals surface area contributed by atoms with Gasteiger partial charge in [-0.05, 0) is 19.2 Å². The molecule has 0 saturated carbocycles. The van der Waals surface area contributed by atoms with Crippen LogP contribution in [0.4, 0.5) is 0 Å². The molecule has 1 aromatic carbocycles. The van der Waals surface area contributed by atoms with Crippen LogP contribution in [0.5, 0.6) is 0 Å². The Balaban J connectivity index is 1.63. The van der Waals surface area contributed by atoms with Gasteiger partial charge in [0.05, 0.1) is 29.7 Å². The number of ketones is 1. The van der Waals surface area contributed by atoms with Crippen LogP contribution in [0, 0.1) is 0 Å². The number of likely N-dealkylation sites (N-methyl/N-ethyl adjacent to an activating group) is 1. The van der Waals surface area contributed by atoms with Crippen LogP contribution in [0.3, 0.4) is 0 Å². The van der Waals surface area contributed by atoms with Gasteiger partial charge >= 0.3 is 0 Å². The quantitative estimate of drug-likeness (QED) is 0.462. The van der Waals surface area contributed by atoms with E-state index in [4.69, 9.17) is 0 Å². The summed E-state index contributed by atoms with van der Waals surface area (Å²) in [5, 5.41) is 4.49. The minimum absolute atomic E-state index is 0.0737. The number of rotatable bonds is 8. The normalized spacial score (nSPS) is 10.8. The average Bonchev–Trinajstić information content (AvgIpc) is 3.11. The summed E-state index contributed by atoms with van der Waals surface area (Å²) in [5.41, 5.74) is 2.77. The lowest BCUT2D eigenvalue weighted by atomic mass is 10.1. The van der Waals surface area contributed by atoms with Crippen molar-refractivity contribution in [1.82, 2.24) is 19.7 Å². The summed E-state index contributed by atoms with van der Waals surface area (Å²) in [6.45, 7) is 0.952. The molecule has 6 heteroatoms. The minimum atomic E-state index is 0.0737. The molecular formula is C20H20N4O2. The monoisotopic (exact) mass is 348 g/mol. The second-order valence-corrected chi connectivity index (χ2v) is 6.08. The van der Waals surface area contributed by atoms with E-state index in [1.807, 2.05) is 54.4 Å². The molecule has 3 aromatic rings. The van der Waals surface area contributed by atoms with Crippen molar-refractivity contribution in [1.29, 1.82) is 0 Å². The highest BCUT2D eigenvalue weighted by atomic mass is 16.1. The summed E-state index contributed by atoms with van der Waals surface area (Å²) >= 11 is 0. The van der Waals surface area contributed by atoms with Crippen molar-refractivity contribution < 1.29 is 9.59 Å². The summed E-state index contributed by atoms with van der Waals surface area (Å²) in [5.74, 6) is 0.0737. The fraction of sp³-hybridized carbons (Fsp3) is 0.200. The Morgan fingerprint density at radius 1 is 1.19 bits per heavy atom. The number of hydrogen-bond donors (Lipinski definition) is 0. The predicted molar refractivity (Wildman–Crippen MR) is 98.7 cm³/mol. The Morgan fingerprint density at radius 2 is 2.00 bits per heavy atom. The summed E-state index contributed by atoms with van der Waals surface area (Å²) < 4.78 is 1.65. The number of hydrogen-bond acceptors (Lipinski definition) is 5. The van der Waals surface area contributed by atoms with E-state index in [1.54, 1.807) is 23.3 Å². The fourth-order valence-electron chi connectivity index (χ4n) is 2.67. The first-order valence-corrected chi connectivity index (χ1v) is 8.38. The third-order valence-electron chi connectivity index (χ3n) is 4.10. The van der Waals surface area contributed by atoms with Gasteiger partial charge in [-0.1, -0.05) is 30.3 Å². The van der Waals surface area contributed by atoms with Crippen LogP contribution >= 0.6 is 0 Å². The van der Waals surface area contributed by atoms with Gasteiger partial charge in [0.25, 0.3) is 0 Å². The Labute approximate surface area is 152 Å². The SMILES string of the molecule is CN(CCc1nn(-c2cccnc2)cc1C=O)CC(=O)c1ccccc1. The van der Waals surface area contributed by atoms with E-state index in [9.17, 15) is 9.59 Å². The van der Waals surface area contributed by atoms with Crippen LogP contribution < -0.4 is 0 Å². The molecule has 0 spiro atoms. The van der Waals surface area contributed by atoms with E-state index < -0.39 is 0 Å². The Hall–Kier alpha value is -3.12. The maximum absolute atomic E-state index is 12.3. The molecule has 0 aliphatic carbocycles. The van der Waals surface area contributed by atoms with Gasteiger partial charge in [0.15, 0.2) is 12.1 Å². The molecule has 0 unspecified atom stereocenters. The maximum atomic E-state index is 12.3. The summed E-state index contributed by atoms with van der Waals surface area (Å²) in [6.07, 6.45) is 6.47. The predicted octanol–water partition coefficient (Wildman–Crippen LogP) is 2.44. The second-order valence-electron chi connectivity index (χ2n) is 6.08. The molecule has 132 valence electrons. The van der Waals surface area contributed by atoms with E-state index in [-0.39, 0.29) is 5.78 Å². The molecule has 3 rings (SSSR count). The van der Waals surface area contributed by atoms with Crippen molar-refractivity contribution >= 4 is 12.1 Å². The van der Waals surface area contributed by atoms with E-state index in [0.717, 1.165) is 12.0 Å². The van der Waals surface area contributed by atoms with Crippen LogP contribution in [0.2, 0.25) is 0 Å². The molecule has 0 bridgehead atoms. The first kappa shape index (κ1) is 17.7. The summed E-state index contributed by atoms with van der Waals surface area (Å²) in [7, 11) is 1.89. The van der Waals surface area contributed by atoms with Crippen LogP contribution in [-0.4, -0.2) is 51.9 Å². The third kappa shape index (κ3) is 4.29. The molecule has 2 heterocycles. The van der Waals surface area contributed by atoms with Gasteiger partial charge in [-0.15, -0.1) is 0 Å². The molecule has 6 nitrogen and oxygen atoms in total. The summed E-state index contributed by atoms with van der Waals surface area (Å²) in [4.78, 5) is 29.6. The topological polar surface area (TPSA) is 68.1 Å². The zero-order valence-corrected chi connectivity index (χ0v) is 14.6. The van der Waals surface area contributed by atoms with Gasteiger partial charge in [0, 0.05) is 30.9 Å². The molecule has 0 aliphatic heterocycles.